The molecule has 0 amide bonds. The number of hydrogen-bond acceptors (Lipinski definition) is 0. The zero-order chi connectivity index (χ0) is 14.9. The summed E-state index contributed by atoms with van der Waals surface area (Å²) in [6, 6.07) is 15.4. The highest BCUT2D eigenvalue weighted by Gasteiger charge is 2.22. The molecule has 0 N–H and O–H groups in total. The predicted molar refractivity (Wildman–Crippen MR) is 104 cm³/mol. The molecule has 0 saturated carbocycles. The number of para-hydroxylation sites is 2. The molecule has 2 heterocycles. The summed E-state index contributed by atoms with van der Waals surface area (Å²) < 4.78 is 2.49. The Morgan fingerprint density at radius 2 is 1.59 bits per heavy atom. The highest BCUT2D eigenvalue weighted by molar-refractivity contribution is 14.1. The number of allylic oxidation sites excluding steroid dienone is 2. The topological polar surface area (TPSA) is 4.41 Å². The number of fused-ring (bicyclic) bond motifs is 6. The van der Waals surface area contributed by atoms with E-state index in [2.05, 4.69) is 101 Å². The fourth-order valence-corrected chi connectivity index (χ4v) is 3.99. The average molecular weight is 395 g/mol. The van der Waals surface area contributed by atoms with E-state index in [9.17, 15) is 0 Å². The summed E-state index contributed by atoms with van der Waals surface area (Å²) in [5.41, 5.74) is 5.28. The molecule has 1 aliphatic carbocycles. The lowest BCUT2D eigenvalue weighted by atomic mass is 10.1. The van der Waals surface area contributed by atoms with E-state index in [0.29, 0.717) is 0 Å². The highest BCUT2D eigenvalue weighted by Crippen LogP contribution is 2.40. The second-order valence-electron chi connectivity index (χ2n) is 6.17. The van der Waals surface area contributed by atoms with E-state index in [1.165, 1.54) is 38.4 Å². The molecule has 1 aliphatic rings. The molecule has 2 heteroatoms. The van der Waals surface area contributed by atoms with Gasteiger partial charge in [-0.15, -0.1) is 0 Å². The molecule has 1 atom stereocenters. The van der Waals surface area contributed by atoms with E-state index in [-0.39, 0.29) is 3.42 Å². The quantitative estimate of drug-likeness (QED) is 0.257. The molecule has 2 aromatic heterocycles. The minimum Gasteiger partial charge on any atom is -0.308 e. The summed E-state index contributed by atoms with van der Waals surface area (Å²) >= 11 is 2.49. The van der Waals surface area contributed by atoms with Gasteiger partial charge in [0, 0.05) is 21.7 Å². The Labute approximate surface area is 142 Å². The molecule has 22 heavy (non-hydrogen) atoms. The second-order valence-corrected chi connectivity index (χ2v) is 8.50. The van der Waals surface area contributed by atoms with Crippen molar-refractivity contribution >= 4 is 61.9 Å². The third-order valence-corrected chi connectivity index (χ3v) is 5.36. The number of hydrogen-bond donors (Lipinski definition) is 0. The summed E-state index contributed by atoms with van der Waals surface area (Å²) in [6.07, 6.45) is 9.16. The maximum absolute atomic E-state index is 2.49. The molecule has 5 rings (SSSR count). The van der Waals surface area contributed by atoms with Gasteiger partial charge in [0.1, 0.15) is 0 Å². The molecule has 106 valence electrons. The van der Waals surface area contributed by atoms with Gasteiger partial charge < -0.3 is 4.40 Å². The number of nitrogens with zero attached hydrogens (tertiary/aromatic N) is 1. The molecule has 0 saturated heterocycles. The van der Waals surface area contributed by atoms with E-state index >= 15 is 0 Å². The molecular formula is C20H14IN. The fourth-order valence-electron chi connectivity index (χ4n) is 3.63. The minimum atomic E-state index is 0.0686. The summed E-state index contributed by atoms with van der Waals surface area (Å²) in [5.74, 6) is 0. The van der Waals surface area contributed by atoms with Gasteiger partial charge in [-0.1, -0.05) is 77.2 Å². The standard InChI is InChI=1S/C20H14IN/c1-20(21)11-9-14-16-7-4-6-15-13-5-2-3-8-17(13)22(19(15)16)18(14)10-12-20/h2-12H,1H3. The fraction of sp³-hybridized carbons (Fsp3) is 0.100. The van der Waals surface area contributed by atoms with Gasteiger partial charge in [-0.25, -0.2) is 0 Å². The first-order valence-corrected chi connectivity index (χ1v) is 8.58. The first-order chi connectivity index (χ1) is 10.7. The lowest BCUT2D eigenvalue weighted by molar-refractivity contribution is 1.07. The van der Waals surface area contributed by atoms with Crippen molar-refractivity contribution in [1.82, 2.24) is 4.40 Å². The van der Waals surface area contributed by atoms with Crippen LogP contribution in [-0.2, 0) is 0 Å². The van der Waals surface area contributed by atoms with Crippen LogP contribution in [0.3, 0.4) is 0 Å². The van der Waals surface area contributed by atoms with Gasteiger partial charge in [0.25, 0.3) is 0 Å². The van der Waals surface area contributed by atoms with Crippen LogP contribution in [-0.4, -0.2) is 7.82 Å². The van der Waals surface area contributed by atoms with Crippen LogP contribution in [0.2, 0.25) is 0 Å². The molecule has 0 fully saturated rings. The Balaban J connectivity index is 2.08. The van der Waals surface area contributed by atoms with Crippen LogP contribution in [0.5, 0.6) is 0 Å². The summed E-state index contributed by atoms with van der Waals surface area (Å²) in [7, 11) is 0. The Morgan fingerprint density at radius 3 is 2.50 bits per heavy atom. The normalized spacial score (nSPS) is 21.0. The van der Waals surface area contributed by atoms with Crippen LogP contribution in [0.4, 0.5) is 0 Å². The first kappa shape index (κ1) is 12.7. The third-order valence-electron chi connectivity index (χ3n) is 4.64. The molecule has 4 aromatic rings. The van der Waals surface area contributed by atoms with Crippen molar-refractivity contribution in [2.75, 3.05) is 0 Å². The van der Waals surface area contributed by atoms with Crippen molar-refractivity contribution in [1.29, 1.82) is 0 Å². The third kappa shape index (κ3) is 1.53. The van der Waals surface area contributed by atoms with Gasteiger partial charge in [0.15, 0.2) is 0 Å². The van der Waals surface area contributed by atoms with Crippen molar-refractivity contribution in [3.63, 3.8) is 0 Å². The molecule has 1 nitrogen and oxygen atoms in total. The summed E-state index contributed by atoms with van der Waals surface area (Å²) in [4.78, 5) is 0. The molecule has 2 aromatic carbocycles. The lowest BCUT2D eigenvalue weighted by Crippen LogP contribution is -2.04. The predicted octanol–water partition coefficient (Wildman–Crippen LogP) is 5.92. The van der Waals surface area contributed by atoms with Crippen molar-refractivity contribution in [3.05, 3.63) is 65.9 Å². The van der Waals surface area contributed by atoms with Gasteiger partial charge in [-0.3, -0.25) is 0 Å². The van der Waals surface area contributed by atoms with Crippen LogP contribution in [0, 0.1) is 0 Å². The van der Waals surface area contributed by atoms with E-state index in [1.807, 2.05) is 0 Å². The number of halogens is 1. The van der Waals surface area contributed by atoms with E-state index in [1.54, 1.807) is 0 Å². The van der Waals surface area contributed by atoms with Crippen molar-refractivity contribution in [2.24, 2.45) is 0 Å². The van der Waals surface area contributed by atoms with Crippen molar-refractivity contribution in [2.45, 2.75) is 10.3 Å². The Hall–Kier alpha value is -1.81. The maximum Gasteiger partial charge on any atom is 0.0620 e. The zero-order valence-corrected chi connectivity index (χ0v) is 14.3. The zero-order valence-electron chi connectivity index (χ0n) is 12.2. The molecule has 0 spiro atoms. The summed E-state index contributed by atoms with van der Waals surface area (Å²) in [5, 5.41) is 4.03. The minimum absolute atomic E-state index is 0.0686. The smallest absolute Gasteiger partial charge is 0.0620 e. The van der Waals surface area contributed by atoms with Gasteiger partial charge in [-0.2, -0.15) is 0 Å². The molecule has 0 bridgehead atoms. The van der Waals surface area contributed by atoms with E-state index in [4.69, 9.17) is 0 Å². The Morgan fingerprint density at radius 1 is 0.864 bits per heavy atom. The first-order valence-electron chi connectivity index (χ1n) is 7.50. The van der Waals surface area contributed by atoms with Crippen LogP contribution in [0.15, 0.2) is 54.6 Å². The average Bonchev–Trinajstić information content (AvgIpc) is 2.96. The number of benzene rings is 2. The molecule has 0 aliphatic heterocycles. The molecule has 1 unspecified atom stereocenters. The number of rotatable bonds is 0. The Kier molecular flexibility index (Phi) is 2.39. The van der Waals surface area contributed by atoms with E-state index in [0.717, 1.165) is 0 Å². The summed E-state index contributed by atoms with van der Waals surface area (Å²) in [6.45, 7) is 2.23. The highest BCUT2D eigenvalue weighted by atomic mass is 127. The lowest BCUT2D eigenvalue weighted by Gasteiger charge is -2.09. The monoisotopic (exact) mass is 395 g/mol. The van der Waals surface area contributed by atoms with Gasteiger partial charge in [0.2, 0.25) is 0 Å². The Bertz CT molecular complexity index is 1100. The van der Waals surface area contributed by atoms with Crippen LogP contribution in [0.25, 0.3) is 39.3 Å². The molecule has 0 radical (unpaired) electrons. The van der Waals surface area contributed by atoms with Crippen LogP contribution >= 0.6 is 22.6 Å². The number of aromatic nitrogens is 1. The maximum atomic E-state index is 2.49. The van der Waals surface area contributed by atoms with Gasteiger partial charge in [0.05, 0.1) is 20.1 Å². The SMILES string of the molecule is CC1(I)C=Cc2c(n3c4ccccc4c4cccc2c43)C=C1. The number of alkyl halides is 1. The molecular weight excluding hydrogens is 381 g/mol. The van der Waals surface area contributed by atoms with Crippen LogP contribution < -0.4 is 0 Å². The van der Waals surface area contributed by atoms with Crippen LogP contribution in [0.1, 0.15) is 18.2 Å². The van der Waals surface area contributed by atoms with Crippen molar-refractivity contribution in [3.8, 4) is 0 Å². The largest absolute Gasteiger partial charge is 0.308 e. The van der Waals surface area contributed by atoms with Gasteiger partial charge in [-0.05, 0) is 19.1 Å². The van der Waals surface area contributed by atoms with Gasteiger partial charge >= 0.3 is 0 Å². The second kappa shape index (κ2) is 4.13. The van der Waals surface area contributed by atoms with E-state index < -0.39 is 0 Å². The van der Waals surface area contributed by atoms with Crippen molar-refractivity contribution < 1.29 is 0 Å².